The van der Waals surface area contributed by atoms with Crippen molar-refractivity contribution in [1.29, 1.82) is 0 Å². The van der Waals surface area contributed by atoms with Crippen LogP contribution >= 0.6 is 0 Å². The molecule has 2 heterocycles. The summed E-state index contributed by atoms with van der Waals surface area (Å²) in [5, 5.41) is 0. The molecule has 1 unspecified atom stereocenters. The Kier molecular flexibility index (Phi) is 2.55. The Morgan fingerprint density at radius 1 is 1.60 bits per heavy atom. The molecule has 0 bridgehead atoms. The lowest BCUT2D eigenvalue weighted by atomic mass is 10.3. The van der Waals surface area contributed by atoms with Gasteiger partial charge in [0.05, 0.1) is 24.4 Å². The van der Waals surface area contributed by atoms with E-state index in [1.54, 1.807) is 19.5 Å². The van der Waals surface area contributed by atoms with Gasteiger partial charge in [-0.1, -0.05) is 0 Å². The third kappa shape index (κ3) is 1.66. The molecule has 0 aliphatic rings. The number of nitrogen functional groups attached to an aromatic ring is 1. The Hall–Kier alpha value is -1.62. The fourth-order valence-corrected chi connectivity index (χ4v) is 1.75. The zero-order chi connectivity index (χ0) is 10.8. The number of rotatable bonds is 3. The zero-order valence-corrected chi connectivity index (χ0v) is 8.84. The third-order valence-corrected chi connectivity index (χ3v) is 2.37. The van der Waals surface area contributed by atoms with E-state index >= 15 is 0 Å². The first-order valence-corrected chi connectivity index (χ1v) is 4.80. The second-order valence-electron chi connectivity index (χ2n) is 3.51. The van der Waals surface area contributed by atoms with Crippen LogP contribution < -0.4 is 5.73 Å². The van der Waals surface area contributed by atoms with Crippen molar-refractivity contribution in [2.45, 2.75) is 13.0 Å². The predicted octanol–water partition coefficient (Wildman–Crippen LogP) is 1.22. The molecule has 0 aromatic carbocycles. The van der Waals surface area contributed by atoms with Crippen LogP contribution in [0.2, 0.25) is 0 Å². The molecule has 0 saturated heterocycles. The summed E-state index contributed by atoms with van der Waals surface area (Å²) in [6.45, 7) is 2.65. The lowest BCUT2D eigenvalue weighted by Crippen LogP contribution is -2.13. The molecule has 0 spiro atoms. The van der Waals surface area contributed by atoms with Crippen molar-refractivity contribution in [1.82, 2.24) is 14.5 Å². The van der Waals surface area contributed by atoms with Gasteiger partial charge in [0, 0.05) is 13.3 Å². The van der Waals surface area contributed by atoms with Gasteiger partial charge in [0.25, 0.3) is 0 Å². The Balaban J connectivity index is 2.53. The molecular formula is C10H14N4O. The first kappa shape index (κ1) is 9.92. The summed E-state index contributed by atoms with van der Waals surface area (Å²) in [5.41, 5.74) is 7.66. The third-order valence-electron chi connectivity index (χ3n) is 2.37. The molecule has 5 heteroatoms. The lowest BCUT2D eigenvalue weighted by molar-refractivity contribution is 0.164. The van der Waals surface area contributed by atoms with Gasteiger partial charge in [-0.15, -0.1) is 0 Å². The fourth-order valence-electron chi connectivity index (χ4n) is 1.75. The number of ether oxygens (including phenoxy) is 1. The second kappa shape index (κ2) is 3.86. The summed E-state index contributed by atoms with van der Waals surface area (Å²) >= 11 is 0. The number of hydrogen-bond acceptors (Lipinski definition) is 4. The summed E-state index contributed by atoms with van der Waals surface area (Å²) in [4.78, 5) is 8.25. The Morgan fingerprint density at radius 3 is 3.13 bits per heavy atom. The van der Waals surface area contributed by atoms with Gasteiger partial charge in [0.2, 0.25) is 5.95 Å². The quantitative estimate of drug-likeness (QED) is 0.820. The Labute approximate surface area is 87.9 Å². The highest BCUT2D eigenvalue weighted by Gasteiger charge is 2.13. The van der Waals surface area contributed by atoms with E-state index in [2.05, 4.69) is 9.97 Å². The van der Waals surface area contributed by atoms with Crippen LogP contribution in [-0.2, 0) is 4.74 Å². The molecule has 2 rings (SSSR count). The van der Waals surface area contributed by atoms with Crippen molar-refractivity contribution in [3.63, 3.8) is 0 Å². The van der Waals surface area contributed by atoms with Gasteiger partial charge in [-0.25, -0.2) is 4.98 Å². The van der Waals surface area contributed by atoms with Gasteiger partial charge in [-0.05, 0) is 13.0 Å². The SMILES string of the molecule is COCC(C)n1c(N)nc2cnccc21. The molecule has 0 amide bonds. The number of methoxy groups -OCH3 is 1. The number of imidazole rings is 1. The van der Waals surface area contributed by atoms with Gasteiger partial charge >= 0.3 is 0 Å². The monoisotopic (exact) mass is 206 g/mol. The normalized spacial score (nSPS) is 13.2. The average molecular weight is 206 g/mol. The highest BCUT2D eigenvalue weighted by atomic mass is 16.5. The number of anilines is 1. The van der Waals surface area contributed by atoms with E-state index in [1.807, 2.05) is 17.6 Å². The first-order valence-electron chi connectivity index (χ1n) is 4.80. The molecule has 0 fully saturated rings. The number of nitrogens with two attached hydrogens (primary N) is 1. The molecule has 1 atom stereocenters. The highest BCUT2D eigenvalue weighted by molar-refractivity contribution is 5.77. The van der Waals surface area contributed by atoms with Crippen molar-refractivity contribution in [3.8, 4) is 0 Å². The van der Waals surface area contributed by atoms with Crippen LogP contribution in [0.3, 0.4) is 0 Å². The van der Waals surface area contributed by atoms with Crippen molar-refractivity contribution in [3.05, 3.63) is 18.5 Å². The van der Waals surface area contributed by atoms with Crippen LogP contribution in [0.4, 0.5) is 5.95 Å². The maximum Gasteiger partial charge on any atom is 0.201 e. The molecule has 2 N–H and O–H groups in total. The predicted molar refractivity (Wildman–Crippen MR) is 58.5 cm³/mol. The van der Waals surface area contributed by atoms with Crippen molar-refractivity contribution in [2.24, 2.45) is 0 Å². The second-order valence-corrected chi connectivity index (χ2v) is 3.51. The van der Waals surface area contributed by atoms with Crippen LogP contribution in [-0.4, -0.2) is 28.3 Å². The van der Waals surface area contributed by atoms with E-state index in [0.29, 0.717) is 12.6 Å². The summed E-state index contributed by atoms with van der Waals surface area (Å²) in [7, 11) is 1.67. The first-order chi connectivity index (χ1) is 7.24. The topological polar surface area (TPSA) is 66.0 Å². The minimum absolute atomic E-state index is 0.169. The minimum atomic E-state index is 0.169. The van der Waals surface area contributed by atoms with Gasteiger partial charge in [-0.3, -0.25) is 4.98 Å². The van der Waals surface area contributed by atoms with E-state index < -0.39 is 0 Å². The van der Waals surface area contributed by atoms with Crippen LogP contribution in [0, 0.1) is 0 Å². The van der Waals surface area contributed by atoms with Gasteiger partial charge in [0.1, 0.15) is 5.52 Å². The van der Waals surface area contributed by atoms with Gasteiger partial charge in [0.15, 0.2) is 0 Å². The van der Waals surface area contributed by atoms with E-state index in [4.69, 9.17) is 10.5 Å². The summed E-state index contributed by atoms with van der Waals surface area (Å²) < 4.78 is 7.07. The molecule has 0 radical (unpaired) electrons. The average Bonchev–Trinajstić information content (AvgIpc) is 2.54. The zero-order valence-electron chi connectivity index (χ0n) is 8.84. The van der Waals surface area contributed by atoms with Crippen LogP contribution in [0.25, 0.3) is 11.0 Å². The molecule has 2 aromatic heterocycles. The maximum absolute atomic E-state index is 5.85. The van der Waals surface area contributed by atoms with Crippen LogP contribution in [0.15, 0.2) is 18.5 Å². The van der Waals surface area contributed by atoms with E-state index in [0.717, 1.165) is 11.0 Å². The Morgan fingerprint density at radius 2 is 2.40 bits per heavy atom. The summed E-state index contributed by atoms with van der Waals surface area (Å²) in [6, 6.07) is 2.08. The smallest absolute Gasteiger partial charge is 0.201 e. The fraction of sp³-hybridized carbons (Fsp3) is 0.400. The number of nitrogens with zero attached hydrogens (tertiary/aromatic N) is 3. The number of fused-ring (bicyclic) bond motifs is 1. The molecule has 5 nitrogen and oxygen atoms in total. The molecule has 0 aliphatic carbocycles. The molecule has 80 valence electrons. The minimum Gasteiger partial charge on any atom is -0.383 e. The standard InChI is InChI=1S/C10H14N4O/c1-7(6-15-2)14-9-3-4-12-5-8(9)13-10(14)11/h3-5,7H,6H2,1-2H3,(H2,11,13). The summed E-state index contributed by atoms with van der Waals surface area (Å²) in [5.74, 6) is 0.502. The highest BCUT2D eigenvalue weighted by Crippen LogP contribution is 2.21. The molecule has 0 saturated carbocycles. The number of pyridine rings is 1. The van der Waals surface area contributed by atoms with E-state index in [9.17, 15) is 0 Å². The molecular weight excluding hydrogens is 192 g/mol. The van der Waals surface area contributed by atoms with Crippen molar-refractivity contribution >= 4 is 17.0 Å². The van der Waals surface area contributed by atoms with Gasteiger partial charge < -0.3 is 15.0 Å². The van der Waals surface area contributed by atoms with Crippen LogP contribution in [0.1, 0.15) is 13.0 Å². The molecule has 15 heavy (non-hydrogen) atoms. The van der Waals surface area contributed by atoms with E-state index in [1.165, 1.54) is 0 Å². The largest absolute Gasteiger partial charge is 0.383 e. The molecule has 0 aliphatic heterocycles. The molecule has 2 aromatic rings. The Bertz CT molecular complexity index is 465. The van der Waals surface area contributed by atoms with Crippen LogP contribution in [0.5, 0.6) is 0 Å². The van der Waals surface area contributed by atoms with Crippen molar-refractivity contribution < 1.29 is 4.74 Å². The van der Waals surface area contributed by atoms with E-state index in [-0.39, 0.29) is 6.04 Å². The number of hydrogen-bond donors (Lipinski definition) is 1. The maximum atomic E-state index is 5.85. The van der Waals surface area contributed by atoms with Gasteiger partial charge in [-0.2, -0.15) is 0 Å². The van der Waals surface area contributed by atoms with Crippen molar-refractivity contribution in [2.75, 3.05) is 19.5 Å². The summed E-state index contributed by atoms with van der Waals surface area (Å²) in [6.07, 6.45) is 3.45. The number of aromatic nitrogens is 3. The lowest BCUT2D eigenvalue weighted by Gasteiger charge is -2.14.